The largest absolute Gasteiger partial charge is 0.508 e. The van der Waals surface area contributed by atoms with E-state index in [4.69, 9.17) is 35.7 Å². The van der Waals surface area contributed by atoms with Gasteiger partial charge in [0.1, 0.15) is 60.3 Å². The van der Waals surface area contributed by atoms with Crippen molar-refractivity contribution >= 4 is 87.9 Å². The number of rotatable bonds is 30. The third kappa shape index (κ3) is 20.1. The molecule has 2 saturated heterocycles. The van der Waals surface area contributed by atoms with Gasteiger partial charge in [0.05, 0.1) is 39.8 Å². The molecular weight excluding hydrogens is 1700 g/mol. The average molecular weight is 1810 g/mol. The zero-order valence-corrected chi connectivity index (χ0v) is 68.5. The van der Waals surface area contributed by atoms with Crippen molar-refractivity contribution < 1.29 is 148 Å². The second-order valence-corrected chi connectivity index (χ2v) is 38.5. The number of halogens is 1. The molecule has 8 saturated carbocycles. The first-order valence-corrected chi connectivity index (χ1v) is 44.8. The minimum atomic E-state index is -5.39. The van der Waals surface area contributed by atoms with E-state index in [2.05, 4.69) is 34.4 Å². The van der Waals surface area contributed by atoms with Gasteiger partial charge in [-0.2, -0.15) is 33.7 Å². The maximum atomic E-state index is 12.8. The van der Waals surface area contributed by atoms with Crippen LogP contribution in [0.5, 0.6) is 11.5 Å². The predicted molar refractivity (Wildman–Crippen MR) is 406 cm³/mol. The number of benzene rings is 2. The Morgan fingerprint density at radius 3 is 1.31 bits per heavy atom. The molecule has 2 aliphatic heterocycles. The zero-order chi connectivity index (χ0) is 83.3. The Kier molecular flexibility index (Phi) is 28.0. The standard InChI is InChI=1S/C37H53IN2O16S2.C36H52N2O16S2/c1-18-12-20(13-25(38)29(18)42)4-7-28(41)40-11-10-39-17-26-31(55-57(47,48)49)32(56-58(50,51)52)30(43)35(54-26)53-22-14-23(34(45)46)24-8-9-37-15-21(19(2)33(37)44)5-6-27(37)36(24,3)16-22;1-19-21-6-9-27-35(2)17-23(15-24(33(43)44)25(35)11-12-36(27,16-21)32(19)42)51-34-29(41)31(54-56(48,49)50)30(53-55(45,46)47)26(52-34)18-37-13-14-38-28(40)10-5-20-3-7-22(39)8-4-20/h12-13,21-24,26-27,30-33,35,39,42-44H,2,4-11,14-17H2,1,3H3,(H,40,41)(H,45,46)(H,47,48,49)(H,50,51,52);3-4,7-8,21,23-27,29-32,34,37,39,41-42H,1,5-6,9-18H2,2H3,(H,38,40)(H,43,44)(H,45,46,47)(H,48,49,50)/t21?,22?,23?,24?,26-,27?,30?,31+,32+,33-,35+,36?,37?;21?,23?,24?,25?,26-,27?,29?,30+,31+,32-,34+,35?,36?/m00/s1. The predicted octanol–water partition coefficient (Wildman–Crippen LogP) is 3.16. The van der Waals surface area contributed by atoms with E-state index in [0.717, 1.165) is 60.8 Å². The van der Waals surface area contributed by atoms with E-state index in [0.29, 0.717) is 60.5 Å². The molecule has 16 unspecified atom stereocenters. The molecule has 41 heteroatoms. The van der Waals surface area contributed by atoms with Gasteiger partial charge in [-0.05, 0) is 225 Å². The Bertz CT molecular complexity index is 4340. The molecule has 8 aliphatic carbocycles. The molecule has 2 heterocycles. The summed E-state index contributed by atoms with van der Waals surface area (Å²) in [5, 5.41) is 97.4. The summed E-state index contributed by atoms with van der Waals surface area (Å²) < 4.78 is 178. The minimum Gasteiger partial charge on any atom is -0.508 e. The summed E-state index contributed by atoms with van der Waals surface area (Å²) in [6.07, 6.45) is -13.8. The first kappa shape index (κ1) is 90.0. The van der Waals surface area contributed by atoms with Crippen LogP contribution >= 0.6 is 22.6 Å². The number of carbonyl (C=O) groups is 4. The van der Waals surface area contributed by atoms with Crippen LogP contribution in [0.4, 0.5) is 0 Å². The van der Waals surface area contributed by atoms with Crippen LogP contribution in [0.25, 0.3) is 0 Å². The van der Waals surface area contributed by atoms with E-state index in [-0.39, 0.29) is 124 Å². The Morgan fingerprint density at radius 1 is 0.544 bits per heavy atom. The fourth-order valence-corrected chi connectivity index (χ4v) is 24.6. The number of aromatic hydroxyl groups is 2. The number of phenolic OH excluding ortho intramolecular Hbond substituents is 2. The summed E-state index contributed by atoms with van der Waals surface area (Å²) in [7, 11) is -21.4. The van der Waals surface area contributed by atoms with Crippen LogP contribution < -0.4 is 21.3 Å². The van der Waals surface area contributed by atoms with Crippen molar-refractivity contribution in [2.45, 2.75) is 222 Å². The van der Waals surface area contributed by atoms with E-state index in [9.17, 15) is 112 Å². The quantitative estimate of drug-likeness (QED) is 0.0176. The van der Waals surface area contributed by atoms with Crippen molar-refractivity contribution in [2.24, 2.45) is 69.0 Å². The first-order chi connectivity index (χ1) is 53.2. The summed E-state index contributed by atoms with van der Waals surface area (Å²) in [6.45, 7) is 13.8. The van der Waals surface area contributed by atoms with Gasteiger partial charge in [-0.3, -0.25) is 37.4 Å². The topological polar surface area (TPSA) is 570 Å². The number of aryl methyl sites for hydroxylation is 3. The van der Waals surface area contributed by atoms with Crippen LogP contribution in [-0.2, 0) is 109 Å². The second-order valence-electron chi connectivity index (χ2n) is 33.1. The average Bonchev–Trinajstić information content (AvgIpc) is 1.47. The number of ether oxygens (including phenoxy) is 4. The normalized spacial score (nSPS) is 37.9. The van der Waals surface area contributed by atoms with Crippen molar-refractivity contribution in [2.75, 3.05) is 39.3 Å². The lowest BCUT2D eigenvalue weighted by molar-refractivity contribution is -0.309. The van der Waals surface area contributed by atoms with Gasteiger partial charge in [0, 0.05) is 62.9 Å². The van der Waals surface area contributed by atoms with E-state index in [1.807, 2.05) is 36.4 Å². The molecule has 36 nitrogen and oxygen atoms in total. The SMILES string of the molecule is C=C1C2CCC3C4(C)CC(O[C@@H]5O[C@@H](CNCCNC(=O)CCc6cc(C)c(O)c(I)c6)[C@@H](OS(=O)(=O)O)[C@H](OS(=O)(=O)O)C5O)CC(C(=O)O)C4CCC3(C2)[C@H]1O.C=C1C2CCC3C4(C)CC(O[C@@H]5O[C@@H](CNCCNC(=O)CCc6ccc(O)cc6)[C@@H](OS(=O)(=O)O)[C@H](OS(=O)(=O)O)C5O)CC(C(=O)O)C4CCC3(C2)[C@H]1O. The van der Waals surface area contributed by atoms with Crippen molar-refractivity contribution in [3.63, 3.8) is 0 Å². The van der Waals surface area contributed by atoms with E-state index in [1.54, 1.807) is 31.2 Å². The number of nitrogens with one attached hydrogen (secondary N) is 4. The van der Waals surface area contributed by atoms with Crippen molar-refractivity contribution in [1.29, 1.82) is 0 Å². The molecule has 114 heavy (non-hydrogen) atoms. The van der Waals surface area contributed by atoms with Crippen molar-refractivity contribution in [3.05, 3.63) is 81.0 Å². The summed E-state index contributed by atoms with van der Waals surface area (Å²) >= 11 is 2.01. The number of hydrogen-bond acceptors (Lipinski definition) is 28. The number of carboxylic acid groups (broad SMARTS) is 2. The Morgan fingerprint density at radius 2 is 0.930 bits per heavy atom. The van der Waals surface area contributed by atoms with Gasteiger partial charge in [0.15, 0.2) is 12.6 Å². The number of carboxylic acids is 2. The number of aliphatic hydroxyl groups is 4. The van der Waals surface area contributed by atoms with Crippen LogP contribution in [0.3, 0.4) is 0 Å². The van der Waals surface area contributed by atoms with Crippen LogP contribution in [0.2, 0.25) is 0 Å². The molecule has 12 rings (SSSR count). The monoisotopic (exact) mass is 1800 g/mol. The molecule has 2 spiro atoms. The summed E-state index contributed by atoms with van der Waals surface area (Å²) in [5.41, 5.74) is 1.79. The van der Waals surface area contributed by atoms with Crippen LogP contribution in [0.15, 0.2) is 60.7 Å². The van der Waals surface area contributed by atoms with E-state index >= 15 is 0 Å². The molecule has 16 N–H and O–H groups in total. The number of aliphatic carboxylic acids is 2. The number of fused-ring (bicyclic) bond motifs is 6. The number of phenols is 2. The third-order valence-electron chi connectivity index (χ3n) is 26.5. The highest BCUT2D eigenvalue weighted by Crippen LogP contribution is 2.73. The lowest BCUT2D eigenvalue weighted by atomic mass is 9.43. The van der Waals surface area contributed by atoms with Crippen molar-refractivity contribution in [1.82, 2.24) is 21.3 Å². The molecule has 2 aromatic carbocycles. The van der Waals surface area contributed by atoms with Gasteiger partial charge in [0.2, 0.25) is 11.8 Å². The smallest absolute Gasteiger partial charge is 0.397 e. The molecule has 4 bridgehead atoms. The lowest BCUT2D eigenvalue weighted by Crippen LogP contribution is -2.64. The van der Waals surface area contributed by atoms with E-state index in [1.165, 1.54) is 12.1 Å². The second kappa shape index (κ2) is 35.5. The van der Waals surface area contributed by atoms with Gasteiger partial charge < -0.3 is 81.1 Å². The highest BCUT2D eigenvalue weighted by Gasteiger charge is 2.69. The highest BCUT2D eigenvalue weighted by molar-refractivity contribution is 14.1. The fourth-order valence-electron chi connectivity index (χ4n) is 21.8. The molecule has 0 radical (unpaired) electrons. The van der Waals surface area contributed by atoms with Gasteiger partial charge in [-0.25, -0.2) is 16.7 Å². The van der Waals surface area contributed by atoms with Crippen LogP contribution in [0.1, 0.15) is 133 Å². The Labute approximate surface area is 675 Å². The Balaban J connectivity index is 0.000000225. The van der Waals surface area contributed by atoms with Gasteiger partial charge in [-0.15, -0.1) is 0 Å². The summed E-state index contributed by atoms with van der Waals surface area (Å²) in [4.78, 5) is 50.6. The van der Waals surface area contributed by atoms with Gasteiger partial charge >= 0.3 is 53.5 Å². The summed E-state index contributed by atoms with van der Waals surface area (Å²) in [5.74, 6) is -4.38. The van der Waals surface area contributed by atoms with Crippen LogP contribution in [-0.4, -0.2) is 242 Å². The molecule has 640 valence electrons. The minimum absolute atomic E-state index is 0.00273. The molecular formula is C73H105IN4O32S4. The number of aliphatic hydroxyl groups excluding tert-OH is 4. The van der Waals surface area contributed by atoms with E-state index < -0.39 is 173 Å². The number of amides is 2. The maximum absolute atomic E-state index is 12.8. The van der Waals surface area contributed by atoms with Crippen LogP contribution in [0, 0.1) is 79.5 Å². The Hall–Kier alpha value is -4.79. The molecule has 0 aromatic heterocycles. The lowest BCUT2D eigenvalue weighted by Gasteiger charge is -2.62. The third-order valence-corrected chi connectivity index (χ3v) is 29.2. The fraction of sp³-hybridized carbons (Fsp3) is 0.726. The highest BCUT2D eigenvalue weighted by atomic mass is 127. The van der Waals surface area contributed by atoms with Gasteiger partial charge in [-0.1, -0.05) is 45.2 Å². The number of carbonyl (C=O) groups excluding carboxylic acids is 2. The summed E-state index contributed by atoms with van der Waals surface area (Å²) in [6, 6.07) is 9.97. The maximum Gasteiger partial charge on any atom is 0.397 e. The first-order valence-electron chi connectivity index (χ1n) is 38.2. The molecule has 26 atom stereocenters. The van der Waals surface area contributed by atoms with Gasteiger partial charge in [0.25, 0.3) is 0 Å². The molecule has 10 fully saturated rings. The zero-order valence-electron chi connectivity index (χ0n) is 63.1. The molecule has 2 aromatic rings. The van der Waals surface area contributed by atoms with Crippen molar-refractivity contribution in [3.8, 4) is 11.5 Å². The molecule has 10 aliphatic rings. The molecule has 2 amide bonds. The number of hydrogen-bond donors (Lipinski definition) is 16.